The van der Waals surface area contributed by atoms with Crippen LogP contribution in [0.15, 0.2) is 66.9 Å². The number of hydrogen-bond donors (Lipinski definition) is 4. The molecule has 2 aromatic carbocycles. The summed E-state index contributed by atoms with van der Waals surface area (Å²) in [7, 11) is 0. The molecule has 1 aromatic heterocycles. The van der Waals surface area contributed by atoms with E-state index < -0.39 is 5.97 Å². The van der Waals surface area contributed by atoms with E-state index in [0.717, 1.165) is 48.1 Å². The normalized spacial score (nSPS) is 18.5. The molecule has 3 aromatic rings. The minimum Gasteiger partial charge on any atom is -0.478 e. The van der Waals surface area contributed by atoms with Crippen LogP contribution in [0.25, 0.3) is 11.1 Å². The van der Waals surface area contributed by atoms with Crippen LogP contribution in [0.2, 0.25) is 0 Å². The topological polar surface area (TPSA) is 131 Å². The number of nitrogens with two attached hydrogens (primary N) is 2. The minimum absolute atomic E-state index is 0.0190. The average Bonchev–Trinajstić information content (AvgIpc) is 2.89. The predicted molar refractivity (Wildman–Crippen MR) is 137 cm³/mol. The van der Waals surface area contributed by atoms with E-state index >= 15 is 0 Å². The summed E-state index contributed by atoms with van der Waals surface area (Å²) in [5.74, 6) is -0.533. The van der Waals surface area contributed by atoms with Crippen LogP contribution in [0.4, 0.5) is 5.69 Å². The van der Waals surface area contributed by atoms with Crippen molar-refractivity contribution in [2.24, 2.45) is 17.6 Å². The molecule has 1 aliphatic rings. The lowest BCUT2D eigenvalue weighted by Crippen LogP contribution is -2.37. The van der Waals surface area contributed by atoms with Gasteiger partial charge in [-0.15, -0.1) is 0 Å². The molecule has 1 amide bonds. The van der Waals surface area contributed by atoms with E-state index in [1.165, 1.54) is 0 Å². The fourth-order valence-electron chi connectivity index (χ4n) is 4.77. The van der Waals surface area contributed by atoms with Gasteiger partial charge in [0.15, 0.2) is 0 Å². The Balaban J connectivity index is 1.60. The number of nitrogens with one attached hydrogen (secondary N) is 1. The maximum atomic E-state index is 13.2. The van der Waals surface area contributed by atoms with E-state index in [1.54, 1.807) is 24.4 Å². The quantitative estimate of drug-likeness (QED) is 0.364. The van der Waals surface area contributed by atoms with Crippen molar-refractivity contribution in [2.75, 3.05) is 12.3 Å². The molecule has 0 radical (unpaired) electrons. The molecule has 0 saturated heterocycles. The highest BCUT2D eigenvalue weighted by Crippen LogP contribution is 2.30. The number of rotatable bonds is 8. The highest BCUT2D eigenvalue weighted by molar-refractivity contribution is 5.95. The van der Waals surface area contributed by atoms with Crippen molar-refractivity contribution in [1.82, 2.24) is 10.3 Å². The smallest absolute Gasteiger partial charge is 0.337 e. The molecule has 1 saturated carbocycles. The zero-order valence-corrected chi connectivity index (χ0v) is 19.7. The third-order valence-electron chi connectivity index (χ3n) is 6.91. The number of carbonyl (C=O) groups is 2. The number of pyridine rings is 1. The molecule has 4 rings (SSSR count). The monoisotopic (exact) mass is 472 g/mol. The highest BCUT2D eigenvalue weighted by atomic mass is 16.4. The Kier molecular flexibility index (Phi) is 7.77. The Morgan fingerprint density at radius 1 is 1.00 bits per heavy atom. The number of nitrogens with zero attached hydrogens (tertiary/aromatic N) is 1. The maximum absolute atomic E-state index is 13.2. The van der Waals surface area contributed by atoms with Gasteiger partial charge in [-0.2, -0.15) is 0 Å². The van der Waals surface area contributed by atoms with Gasteiger partial charge in [0.1, 0.15) is 0 Å². The number of amides is 1. The van der Waals surface area contributed by atoms with Gasteiger partial charge in [0, 0.05) is 17.8 Å². The Hall–Kier alpha value is -3.71. The van der Waals surface area contributed by atoms with Crippen molar-refractivity contribution in [3.8, 4) is 11.1 Å². The molecular weight excluding hydrogens is 440 g/mol. The highest BCUT2D eigenvalue weighted by Gasteiger charge is 2.28. The maximum Gasteiger partial charge on any atom is 0.337 e. The first-order chi connectivity index (χ1) is 16.9. The van der Waals surface area contributed by atoms with Gasteiger partial charge in [-0.3, -0.25) is 9.78 Å². The van der Waals surface area contributed by atoms with Crippen molar-refractivity contribution in [1.29, 1.82) is 0 Å². The summed E-state index contributed by atoms with van der Waals surface area (Å²) < 4.78 is 0. The Morgan fingerprint density at radius 3 is 2.40 bits per heavy atom. The summed E-state index contributed by atoms with van der Waals surface area (Å²) in [6.07, 6.45) is 5.95. The summed E-state index contributed by atoms with van der Waals surface area (Å²) >= 11 is 0. The molecule has 1 atom stereocenters. The van der Waals surface area contributed by atoms with Gasteiger partial charge in [-0.1, -0.05) is 36.4 Å². The average molecular weight is 473 g/mol. The number of aromatic carboxylic acids is 1. The lowest BCUT2D eigenvalue weighted by molar-refractivity contribution is -0.127. The summed E-state index contributed by atoms with van der Waals surface area (Å²) in [5.41, 5.74) is 15.3. The third kappa shape index (κ3) is 6.05. The van der Waals surface area contributed by atoms with Crippen molar-refractivity contribution in [3.05, 3.63) is 83.7 Å². The van der Waals surface area contributed by atoms with E-state index in [2.05, 4.69) is 10.3 Å². The van der Waals surface area contributed by atoms with Gasteiger partial charge in [0.05, 0.1) is 17.3 Å². The number of carboxylic acid groups (broad SMARTS) is 1. The fourth-order valence-corrected chi connectivity index (χ4v) is 4.77. The van der Waals surface area contributed by atoms with E-state index in [4.69, 9.17) is 11.5 Å². The summed E-state index contributed by atoms with van der Waals surface area (Å²) in [5, 5.41) is 12.7. The van der Waals surface area contributed by atoms with Crippen LogP contribution in [0.3, 0.4) is 0 Å². The van der Waals surface area contributed by atoms with Gasteiger partial charge in [-0.05, 0) is 85.5 Å². The van der Waals surface area contributed by atoms with Gasteiger partial charge in [0.25, 0.3) is 0 Å². The SMILES string of the molecule is NC[C@H]1CC[C@H](C(=O)NC(Cc2ccccc2)c2cc(-c3ccc(N)c(C(=O)O)c3)ccn2)CC1. The molecule has 0 aliphatic heterocycles. The standard InChI is InChI=1S/C28H32N4O3/c29-17-19-6-8-20(9-7-19)27(33)32-26(14-18-4-2-1-3-5-18)25-16-22(12-13-31-25)21-10-11-24(30)23(15-21)28(34)35/h1-5,10-13,15-16,19-20,26H,6-9,14,17,29-30H2,(H,32,33)(H,34,35)/t19-,20-,26?. The molecule has 0 spiro atoms. The first-order valence-corrected chi connectivity index (χ1v) is 12.1. The van der Waals surface area contributed by atoms with Gasteiger partial charge >= 0.3 is 5.97 Å². The number of nitrogen functional groups attached to an aromatic ring is 1. The van der Waals surface area contributed by atoms with Crippen molar-refractivity contribution in [2.45, 2.75) is 38.1 Å². The summed E-state index contributed by atoms with van der Waals surface area (Å²) in [4.78, 5) is 29.4. The van der Waals surface area contributed by atoms with Crippen LogP contribution in [0.1, 0.15) is 53.3 Å². The number of hydrogen-bond acceptors (Lipinski definition) is 5. The van der Waals surface area contributed by atoms with Crippen LogP contribution >= 0.6 is 0 Å². The van der Waals surface area contributed by atoms with E-state index in [0.29, 0.717) is 18.9 Å². The number of carbonyl (C=O) groups excluding carboxylic acids is 1. The molecule has 6 N–H and O–H groups in total. The number of anilines is 1. The molecule has 7 heteroatoms. The Bertz CT molecular complexity index is 1170. The largest absolute Gasteiger partial charge is 0.478 e. The zero-order chi connectivity index (χ0) is 24.8. The summed E-state index contributed by atoms with van der Waals surface area (Å²) in [6.45, 7) is 0.677. The lowest BCUT2D eigenvalue weighted by atomic mass is 9.81. The van der Waals surface area contributed by atoms with Crippen LogP contribution in [-0.2, 0) is 11.2 Å². The number of benzene rings is 2. The molecule has 1 aliphatic carbocycles. The molecule has 1 heterocycles. The van der Waals surface area contributed by atoms with Crippen LogP contribution < -0.4 is 16.8 Å². The van der Waals surface area contributed by atoms with Gasteiger partial charge < -0.3 is 21.9 Å². The molecule has 1 unspecified atom stereocenters. The third-order valence-corrected chi connectivity index (χ3v) is 6.91. The second-order valence-corrected chi connectivity index (χ2v) is 9.28. The lowest BCUT2D eigenvalue weighted by Gasteiger charge is -2.28. The first-order valence-electron chi connectivity index (χ1n) is 12.1. The van der Waals surface area contributed by atoms with Gasteiger partial charge in [-0.25, -0.2) is 4.79 Å². The second kappa shape index (κ2) is 11.1. The van der Waals surface area contributed by atoms with Crippen LogP contribution in [0.5, 0.6) is 0 Å². The Morgan fingerprint density at radius 2 is 1.71 bits per heavy atom. The molecule has 1 fully saturated rings. The van der Waals surface area contributed by atoms with Crippen molar-refractivity contribution < 1.29 is 14.7 Å². The number of carboxylic acids is 1. The fraction of sp³-hybridized carbons (Fsp3) is 0.321. The molecule has 0 bridgehead atoms. The molecule has 7 nitrogen and oxygen atoms in total. The zero-order valence-electron chi connectivity index (χ0n) is 19.7. The van der Waals surface area contributed by atoms with Crippen LogP contribution in [0, 0.1) is 11.8 Å². The molecular formula is C28H32N4O3. The second-order valence-electron chi connectivity index (χ2n) is 9.28. The molecule has 35 heavy (non-hydrogen) atoms. The van der Waals surface area contributed by atoms with E-state index in [9.17, 15) is 14.7 Å². The van der Waals surface area contributed by atoms with E-state index in [1.807, 2.05) is 42.5 Å². The van der Waals surface area contributed by atoms with Gasteiger partial charge in [0.2, 0.25) is 5.91 Å². The first kappa shape index (κ1) is 24.4. The van der Waals surface area contributed by atoms with Crippen molar-refractivity contribution >= 4 is 17.6 Å². The molecule has 182 valence electrons. The minimum atomic E-state index is -1.07. The predicted octanol–water partition coefficient (Wildman–Crippen LogP) is 4.19. The summed E-state index contributed by atoms with van der Waals surface area (Å²) in [6, 6.07) is 18.4. The van der Waals surface area contributed by atoms with E-state index in [-0.39, 0.29) is 29.1 Å². The van der Waals surface area contributed by atoms with Crippen molar-refractivity contribution in [3.63, 3.8) is 0 Å². The Labute approximate surface area is 205 Å². The number of aromatic nitrogens is 1. The van der Waals surface area contributed by atoms with Crippen LogP contribution in [-0.4, -0.2) is 28.5 Å².